The Hall–Kier alpha value is -2.06. The van der Waals surface area contributed by atoms with Gasteiger partial charge in [0.1, 0.15) is 6.54 Å². The van der Waals surface area contributed by atoms with Crippen LogP contribution in [0.5, 0.6) is 0 Å². The first-order valence-electron chi connectivity index (χ1n) is 7.24. The van der Waals surface area contributed by atoms with E-state index in [-0.39, 0.29) is 18.0 Å². The van der Waals surface area contributed by atoms with Crippen LogP contribution in [-0.2, 0) is 24.3 Å². The maximum atomic E-state index is 12.4. The second-order valence-electron chi connectivity index (χ2n) is 5.04. The van der Waals surface area contributed by atoms with Gasteiger partial charge in [-0.05, 0) is 24.8 Å². The van der Waals surface area contributed by atoms with Gasteiger partial charge in [-0.25, -0.2) is 9.67 Å². The van der Waals surface area contributed by atoms with Crippen LogP contribution in [0.25, 0.3) is 10.2 Å². The summed E-state index contributed by atoms with van der Waals surface area (Å²) >= 11 is 3.06. The number of carbonyl (C=O) groups excluding carboxylic acids is 1. The first kappa shape index (κ1) is 15.8. The summed E-state index contributed by atoms with van der Waals surface area (Å²) in [5, 5.41) is 9.91. The highest BCUT2D eigenvalue weighted by atomic mass is 32.1. The van der Waals surface area contributed by atoms with Gasteiger partial charge in [-0.2, -0.15) is 5.10 Å². The molecule has 8 heteroatoms. The monoisotopic (exact) mass is 348 g/mol. The molecule has 1 amide bonds. The Morgan fingerprint density at radius 3 is 2.96 bits per heavy atom. The average molecular weight is 348 g/mol. The van der Waals surface area contributed by atoms with Crippen molar-refractivity contribution in [2.45, 2.75) is 33.4 Å². The fourth-order valence-electron chi connectivity index (χ4n) is 2.20. The summed E-state index contributed by atoms with van der Waals surface area (Å²) in [6.07, 6.45) is 0.777. The van der Waals surface area contributed by atoms with Gasteiger partial charge in [0.05, 0.1) is 21.9 Å². The van der Waals surface area contributed by atoms with Crippen LogP contribution in [0, 0.1) is 6.92 Å². The van der Waals surface area contributed by atoms with Crippen LogP contribution in [0.2, 0.25) is 0 Å². The van der Waals surface area contributed by atoms with Gasteiger partial charge in [0.15, 0.2) is 5.52 Å². The average Bonchev–Trinajstić information content (AvgIpc) is 3.19. The van der Waals surface area contributed by atoms with Gasteiger partial charge in [0, 0.05) is 4.88 Å². The van der Waals surface area contributed by atoms with Crippen molar-refractivity contribution >= 4 is 38.8 Å². The summed E-state index contributed by atoms with van der Waals surface area (Å²) in [5.74, 6) is -0.238. The first-order chi connectivity index (χ1) is 11.1. The molecule has 0 aliphatic heterocycles. The standard InChI is InChI=1S/C15H16N4O2S2/c1-3-12-17-13-14(23-12)9(2)18-19(15(13)21)8-11(20)16-7-10-5-4-6-22-10/h4-6H,3,7-8H2,1-2H3,(H,16,20). The van der Waals surface area contributed by atoms with Crippen molar-refractivity contribution < 1.29 is 4.79 Å². The number of thiazole rings is 1. The number of amides is 1. The van der Waals surface area contributed by atoms with Crippen molar-refractivity contribution in [1.82, 2.24) is 20.1 Å². The topological polar surface area (TPSA) is 76.9 Å². The molecule has 0 unspecified atom stereocenters. The second kappa shape index (κ2) is 6.59. The summed E-state index contributed by atoms with van der Waals surface area (Å²) in [6.45, 7) is 4.19. The maximum absolute atomic E-state index is 12.4. The second-order valence-corrected chi connectivity index (χ2v) is 7.16. The Balaban J connectivity index is 1.81. The molecule has 0 spiro atoms. The molecule has 3 rings (SSSR count). The number of carbonyl (C=O) groups is 1. The van der Waals surface area contributed by atoms with Crippen molar-refractivity contribution in [2.75, 3.05) is 0 Å². The van der Waals surface area contributed by atoms with Crippen LogP contribution in [0.3, 0.4) is 0 Å². The first-order valence-corrected chi connectivity index (χ1v) is 8.94. The Labute approximate surface area is 140 Å². The number of aryl methyl sites for hydroxylation is 2. The van der Waals surface area contributed by atoms with Crippen LogP contribution < -0.4 is 10.9 Å². The molecule has 0 aliphatic rings. The minimum absolute atomic E-state index is 0.0972. The van der Waals surface area contributed by atoms with E-state index in [4.69, 9.17) is 0 Å². The minimum atomic E-state index is -0.312. The van der Waals surface area contributed by atoms with Gasteiger partial charge < -0.3 is 5.32 Å². The molecule has 0 radical (unpaired) electrons. The lowest BCUT2D eigenvalue weighted by Gasteiger charge is -2.06. The number of nitrogens with zero attached hydrogens (tertiary/aromatic N) is 3. The fraction of sp³-hybridized carbons (Fsp3) is 0.333. The van der Waals surface area contributed by atoms with Crippen molar-refractivity contribution in [3.8, 4) is 0 Å². The van der Waals surface area contributed by atoms with Gasteiger partial charge in [0.25, 0.3) is 5.56 Å². The smallest absolute Gasteiger partial charge is 0.294 e. The lowest BCUT2D eigenvalue weighted by Crippen LogP contribution is -2.33. The van der Waals surface area contributed by atoms with E-state index >= 15 is 0 Å². The van der Waals surface area contributed by atoms with Crippen molar-refractivity contribution in [1.29, 1.82) is 0 Å². The van der Waals surface area contributed by atoms with Gasteiger partial charge in [-0.3, -0.25) is 9.59 Å². The third-order valence-corrected chi connectivity index (χ3v) is 5.53. The van der Waals surface area contributed by atoms with E-state index in [1.165, 1.54) is 16.0 Å². The number of aromatic nitrogens is 3. The summed E-state index contributed by atoms with van der Waals surface area (Å²) in [6, 6.07) is 3.89. The molecule has 0 aromatic carbocycles. The summed E-state index contributed by atoms with van der Waals surface area (Å²) in [4.78, 5) is 29.9. The normalized spacial score (nSPS) is 11.0. The fourth-order valence-corrected chi connectivity index (χ4v) is 3.78. The Bertz CT molecular complexity index is 896. The van der Waals surface area contributed by atoms with Crippen molar-refractivity contribution in [3.63, 3.8) is 0 Å². The minimum Gasteiger partial charge on any atom is -0.350 e. The highest BCUT2D eigenvalue weighted by Gasteiger charge is 2.15. The van der Waals surface area contributed by atoms with E-state index in [1.54, 1.807) is 11.3 Å². The van der Waals surface area contributed by atoms with Crippen LogP contribution in [-0.4, -0.2) is 20.7 Å². The van der Waals surface area contributed by atoms with E-state index in [0.717, 1.165) is 26.7 Å². The molecule has 0 saturated carbocycles. The van der Waals surface area contributed by atoms with Crippen LogP contribution in [0.15, 0.2) is 22.3 Å². The van der Waals surface area contributed by atoms with E-state index in [9.17, 15) is 9.59 Å². The number of hydrogen-bond donors (Lipinski definition) is 1. The number of rotatable bonds is 5. The molecule has 3 aromatic heterocycles. The SMILES string of the molecule is CCc1nc2c(=O)n(CC(=O)NCc3cccs3)nc(C)c2s1. The molecule has 1 N–H and O–H groups in total. The number of fused-ring (bicyclic) bond motifs is 1. The van der Waals surface area contributed by atoms with Crippen molar-refractivity contribution in [2.24, 2.45) is 0 Å². The highest BCUT2D eigenvalue weighted by molar-refractivity contribution is 7.18. The Morgan fingerprint density at radius 2 is 2.26 bits per heavy atom. The van der Waals surface area contributed by atoms with E-state index in [1.807, 2.05) is 31.4 Å². The predicted molar refractivity (Wildman–Crippen MR) is 92.0 cm³/mol. The maximum Gasteiger partial charge on any atom is 0.294 e. The number of thiophene rings is 1. The molecule has 0 bridgehead atoms. The highest BCUT2D eigenvalue weighted by Crippen LogP contribution is 2.21. The summed E-state index contributed by atoms with van der Waals surface area (Å²) in [5.41, 5.74) is 0.820. The lowest BCUT2D eigenvalue weighted by molar-refractivity contribution is -0.122. The number of hydrogen-bond acceptors (Lipinski definition) is 6. The molecule has 0 fully saturated rings. The molecule has 120 valence electrons. The molecule has 23 heavy (non-hydrogen) atoms. The van der Waals surface area contributed by atoms with Gasteiger partial charge in [0.2, 0.25) is 5.91 Å². The van der Waals surface area contributed by atoms with Crippen LogP contribution in [0.4, 0.5) is 0 Å². The zero-order valence-electron chi connectivity index (χ0n) is 12.8. The van der Waals surface area contributed by atoms with E-state index in [2.05, 4.69) is 15.4 Å². The van der Waals surface area contributed by atoms with E-state index in [0.29, 0.717) is 12.1 Å². The molecular formula is C15H16N4O2S2. The molecule has 3 heterocycles. The van der Waals surface area contributed by atoms with Crippen LogP contribution in [0.1, 0.15) is 22.5 Å². The predicted octanol–water partition coefficient (Wildman–Crippen LogP) is 2.10. The molecule has 6 nitrogen and oxygen atoms in total. The molecule has 0 atom stereocenters. The molecule has 3 aromatic rings. The lowest BCUT2D eigenvalue weighted by atomic mass is 10.4. The quantitative estimate of drug-likeness (QED) is 0.766. The van der Waals surface area contributed by atoms with Gasteiger partial charge in [-0.15, -0.1) is 22.7 Å². The molecular weight excluding hydrogens is 332 g/mol. The summed E-state index contributed by atoms with van der Waals surface area (Å²) in [7, 11) is 0. The van der Waals surface area contributed by atoms with E-state index < -0.39 is 0 Å². The van der Waals surface area contributed by atoms with Gasteiger partial charge in [-0.1, -0.05) is 13.0 Å². The molecule has 0 aliphatic carbocycles. The largest absolute Gasteiger partial charge is 0.350 e. The van der Waals surface area contributed by atoms with Gasteiger partial charge >= 0.3 is 0 Å². The summed E-state index contributed by atoms with van der Waals surface area (Å²) < 4.78 is 2.00. The number of nitrogens with one attached hydrogen (secondary N) is 1. The van der Waals surface area contributed by atoms with Crippen molar-refractivity contribution in [3.05, 3.63) is 43.4 Å². The third kappa shape index (κ3) is 3.32. The van der Waals surface area contributed by atoms with Crippen LogP contribution >= 0.6 is 22.7 Å². The zero-order valence-corrected chi connectivity index (χ0v) is 14.5. The zero-order chi connectivity index (χ0) is 16.4. The Kier molecular flexibility index (Phi) is 4.53. The third-order valence-electron chi connectivity index (χ3n) is 3.34. The molecule has 0 saturated heterocycles. The Morgan fingerprint density at radius 1 is 1.43 bits per heavy atom.